The first-order chi connectivity index (χ1) is 14.1. The smallest absolute Gasteiger partial charge is 0.261 e. The molecule has 0 aliphatic carbocycles. The molecule has 164 valence electrons. The molecule has 2 atom stereocenters. The van der Waals surface area contributed by atoms with E-state index in [1.807, 2.05) is 4.90 Å². The summed E-state index contributed by atoms with van der Waals surface area (Å²) in [7, 11) is 0. The van der Waals surface area contributed by atoms with Crippen LogP contribution in [0.25, 0.3) is 0 Å². The Kier molecular flexibility index (Phi) is 6.99. The minimum absolute atomic E-state index is 0. The molecular weight excluding hydrogens is 439 g/mol. The second kappa shape index (κ2) is 9.34. The van der Waals surface area contributed by atoms with E-state index >= 15 is 0 Å². The number of benzene rings is 1. The van der Waals surface area contributed by atoms with E-state index in [9.17, 15) is 14.4 Å². The molecule has 2 saturated heterocycles. The predicted octanol–water partition coefficient (Wildman–Crippen LogP) is 2.69. The second-order valence-corrected chi connectivity index (χ2v) is 7.90. The van der Waals surface area contributed by atoms with Gasteiger partial charge in [0.15, 0.2) is 0 Å². The third-order valence-corrected chi connectivity index (χ3v) is 6.20. The molecule has 2 aromatic rings. The number of carbonyl (C=O) groups excluding carboxylic acids is 3. The summed E-state index contributed by atoms with van der Waals surface area (Å²) in [6.07, 6.45) is 6.25. The van der Waals surface area contributed by atoms with Gasteiger partial charge in [-0.05, 0) is 61.7 Å². The lowest BCUT2D eigenvalue weighted by Gasteiger charge is -2.28. The van der Waals surface area contributed by atoms with Gasteiger partial charge in [-0.2, -0.15) is 0 Å². The molecule has 1 aromatic heterocycles. The van der Waals surface area contributed by atoms with Crippen LogP contribution in [0.5, 0.6) is 0 Å². The van der Waals surface area contributed by atoms with E-state index in [1.165, 1.54) is 4.90 Å². The van der Waals surface area contributed by atoms with Gasteiger partial charge in [-0.3, -0.25) is 24.3 Å². The number of hydrogen-bond donors (Lipinski definition) is 1. The molecule has 0 spiro atoms. The van der Waals surface area contributed by atoms with Crippen molar-refractivity contribution in [2.75, 3.05) is 13.1 Å². The van der Waals surface area contributed by atoms with Gasteiger partial charge in [0.2, 0.25) is 0 Å². The number of pyridine rings is 1. The second-order valence-electron chi connectivity index (χ2n) is 7.90. The van der Waals surface area contributed by atoms with Crippen LogP contribution in [0.15, 0.2) is 42.7 Å². The first kappa shape index (κ1) is 23.2. The lowest BCUT2D eigenvalue weighted by molar-refractivity contribution is 0.0641. The van der Waals surface area contributed by atoms with Crippen molar-refractivity contribution >= 4 is 42.5 Å². The van der Waals surface area contributed by atoms with E-state index in [1.54, 1.807) is 42.7 Å². The molecule has 2 unspecified atom stereocenters. The molecule has 3 aliphatic heterocycles. The Morgan fingerprint density at radius 2 is 1.68 bits per heavy atom. The van der Waals surface area contributed by atoms with Crippen molar-refractivity contribution in [2.45, 2.75) is 37.9 Å². The quantitative estimate of drug-likeness (QED) is 0.708. The summed E-state index contributed by atoms with van der Waals surface area (Å²) < 4.78 is 0. The summed E-state index contributed by atoms with van der Waals surface area (Å²) in [6.45, 7) is 1.93. The van der Waals surface area contributed by atoms with Gasteiger partial charge in [-0.1, -0.05) is 0 Å². The van der Waals surface area contributed by atoms with Crippen molar-refractivity contribution in [3.8, 4) is 0 Å². The van der Waals surface area contributed by atoms with Crippen LogP contribution in [-0.4, -0.2) is 57.7 Å². The fraction of sp³-hybridized carbons (Fsp3) is 0.364. The van der Waals surface area contributed by atoms with Crippen molar-refractivity contribution in [3.63, 3.8) is 0 Å². The summed E-state index contributed by atoms with van der Waals surface area (Å²) in [5.74, 6) is -0.714. The normalized spacial score (nSPS) is 21.8. The monoisotopic (exact) mass is 462 g/mol. The van der Waals surface area contributed by atoms with Crippen LogP contribution >= 0.6 is 24.8 Å². The maximum Gasteiger partial charge on any atom is 0.261 e. The maximum atomic E-state index is 13.3. The van der Waals surface area contributed by atoms with Gasteiger partial charge >= 0.3 is 0 Å². The highest BCUT2D eigenvalue weighted by Crippen LogP contribution is 2.31. The van der Waals surface area contributed by atoms with Gasteiger partial charge in [0.1, 0.15) is 0 Å². The number of aromatic nitrogens is 1. The highest BCUT2D eigenvalue weighted by Gasteiger charge is 2.40. The number of imide groups is 1. The maximum absolute atomic E-state index is 13.3. The fourth-order valence-corrected chi connectivity index (χ4v) is 4.70. The van der Waals surface area contributed by atoms with Crippen LogP contribution in [0.1, 0.15) is 55.9 Å². The molecule has 2 bridgehead atoms. The van der Waals surface area contributed by atoms with Crippen LogP contribution < -0.4 is 5.32 Å². The Morgan fingerprint density at radius 3 is 2.45 bits per heavy atom. The number of amides is 3. The van der Waals surface area contributed by atoms with Crippen LogP contribution in [0, 0.1) is 0 Å². The Morgan fingerprint density at radius 1 is 0.968 bits per heavy atom. The van der Waals surface area contributed by atoms with E-state index in [0.29, 0.717) is 16.7 Å². The molecule has 0 radical (unpaired) electrons. The van der Waals surface area contributed by atoms with Crippen LogP contribution in [0.4, 0.5) is 0 Å². The molecule has 3 amide bonds. The summed E-state index contributed by atoms with van der Waals surface area (Å²) in [5.41, 5.74) is 1.99. The van der Waals surface area contributed by atoms with E-state index in [-0.39, 0.29) is 61.2 Å². The largest absolute Gasteiger partial charge is 0.331 e. The van der Waals surface area contributed by atoms with Crippen LogP contribution in [0.2, 0.25) is 0 Å². The minimum atomic E-state index is -0.350. The zero-order valence-electron chi connectivity index (χ0n) is 16.8. The molecule has 4 heterocycles. The van der Waals surface area contributed by atoms with E-state index < -0.39 is 0 Å². The standard InChI is InChI=1S/C22H22N4O3.2ClH/c27-20(26-16-2-3-17(26)12-24-10-7-16)15-1-4-18-19(11-15)22(29)25(21(18)28)13-14-5-8-23-9-6-14;;/h1,4-6,8-9,11,16-17,24H,2-3,7,10,12-13H2;2*1H. The molecular formula is C22H24Cl2N4O3. The zero-order valence-corrected chi connectivity index (χ0v) is 18.5. The lowest BCUT2D eigenvalue weighted by atomic mass is 10.0. The molecule has 1 aromatic carbocycles. The van der Waals surface area contributed by atoms with Crippen LogP contribution in [-0.2, 0) is 6.54 Å². The van der Waals surface area contributed by atoms with Gasteiger partial charge in [0, 0.05) is 36.6 Å². The molecule has 9 heteroatoms. The third kappa shape index (κ3) is 4.05. The molecule has 3 aliphatic rings. The number of halogens is 2. The Labute approximate surface area is 193 Å². The molecule has 5 rings (SSSR count). The average molecular weight is 463 g/mol. The van der Waals surface area contributed by atoms with Gasteiger partial charge in [0.05, 0.1) is 17.7 Å². The first-order valence-electron chi connectivity index (χ1n) is 10.1. The van der Waals surface area contributed by atoms with Crippen molar-refractivity contribution in [2.24, 2.45) is 0 Å². The summed E-state index contributed by atoms with van der Waals surface area (Å²) >= 11 is 0. The summed E-state index contributed by atoms with van der Waals surface area (Å²) in [6, 6.07) is 8.90. The van der Waals surface area contributed by atoms with E-state index in [2.05, 4.69) is 10.3 Å². The van der Waals surface area contributed by atoms with Gasteiger partial charge in [0.25, 0.3) is 17.7 Å². The molecule has 2 fully saturated rings. The third-order valence-electron chi connectivity index (χ3n) is 6.20. The summed E-state index contributed by atoms with van der Waals surface area (Å²) in [5, 5.41) is 3.39. The van der Waals surface area contributed by atoms with Crippen molar-refractivity contribution in [3.05, 3.63) is 65.0 Å². The van der Waals surface area contributed by atoms with Gasteiger partial charge < -0.3 is 10.2 Å². The highest BCUT2D eigenvalue weighted by atomic mass is 35.5. The molecule has 7 nitrogen and oxygen atoms in total. The summed E-state index contributed by atoms with van der Waals surface area (Å²) in [4.78, 5) is 46.1. The van der Waals surface area contributed by atoms with Crippen molar-refractivity contribution in [1.82, 2.24) is 20.1 Å². The fourth-order valence-electron chi connectivity index (χ4n) is 4.70. The Hall–Kier alpha value is -2.48. The lowest BCUT2D eigenvalue weighted by Crippen LogP contribution is -2.42. The van der Waals surface area contributed by atoms with Gasteiger partial charge in [-0.15, -0.1) is 24.8 Å². The number of nitrogens with zero attached hydrogens (tertiary/aromatic N) is 3. The Balaban J connectivity index is 0.00000136. The number of hydrogen-bond acceptors (Lipinski definition) is 5. The number of carbonyl (C=O) groups is 3. The number of nitrogens with one attached hydrogen (secondary N) is 1. The predicted molar refractivity (Wildman–Crippen MR) is 120 cm³/mol. The Bertz CT molecular complexity index is 988. The number of fused-ring (bicyclic) bond motifs is 3. The van der Waals surface area contributed by atoms with Crippen molar-refractivity contribution < 1.29 is 14.4 Å². The zero-order chi connectivity index (χ0) is 20.0. The van der Waals surface area contributed by atoms with E-state index in [0.717, 1.165) is 37.9 Å². The number of rotatable bonds is 3. The topological polar surface area (TPSA) is 82.6 Å². The molecule has 0 saturated carbocycles. The average Bonchev–Trinajstić information content (AvgIpc) is 3.14. The van der Waals surface area contributed by atoms with Crippen molar-refractivity contribution in [1.29, 1.82) is 0 Å². The van der Waals surface area contributed by atoms with E-state index in [4.69, 9.17) is 0 Å². The highest BCUT2D eigenvalue weighted by molar-refractivity contribution is 6.22. The molecule has 1 N–H and O–H groups in total. The molecule has 31 heavy (non-hydrogen) atoms. The minimum Gasteiger partial charge on any atom is -0.331 e. The van der Waals surface area contributed by atoms with Crippen LogP contribution in [0.3, 0.4) is 0 Å². The van der Waals surface area contributed by atoms with Gasteiger partial charge in [-0.25, -0.2) is 0 Å². The first-order valence-corrected chi connectivity index (χ1v) is 10.1. The SMILES string of the molecule is Cl.Cl.O=C1c2ccc(C(=O)N3C4CCNCC3CC4)cc2C(=O)N1Cc1ccncc1.